The number of nitrogens with zero attached hydrogens (tertiary/aromatic N) is 3. The van der Waals surface area contributed by atoms with Crippen LogP contribution in [-0.2, 0) is 73.6 Å². The number of carbonyl (C=O) groups is 13. The van der Waals surface area contributed by atoms with Gasteiger partial charge < -0.3 is 71.9 Å². The molecule has 1 saturated heterocycles. The van der Waals surface area contributed by atoms with Crippen molar-refractivity contribution in [2.45, 2.75) is 239 Å². The molecule has 0 spiro atoms. The zero-order valence-corrected chi connectivity index (χ0v) is 66.0. The second kappa shape index (κ2) is 47.2. The van der Waals surface area contributed by atoms with Gasteiger partial charge in [-0.05, 0) is 98.3 Å². The third-order valence-electron chi connectivity index (χ3n) is 20.3. The topological polar surface area (TPSA) is 400 Å². The molecular weight excluding hydrogens is 1380 g/mol. The van der Waals surface area contributed by atoms with E-state index in [0.29, 0.717) is 62.7 Å². The molecule has 1 fully saturated rings. The molecule has 2 unspecified atom stereocenters. The Bertz CT molecular complexity index is 3190. The van der Waals surface area contributed by atoms with E-state index in [2.05, 4.69) is 21.3 Å². The third kappa shape index (κ3) is 30.2. The van der Waals surface area contributed by atoms with Crippen molar-refractivity contribution in [3.63, 3.8) is 0 Å². The number of likely N-dealkylation sites (tertiary alicyclic amines) is 1. The van der Waals surface area contributed by atoms with E-state index in [9.17, 15) is 72.5 Å². The lowest BCUT2D eigenvalue weighted by Crippen LogP contribution is -2.54. The van der Waals surface area contributed by atoms with Gasteiger partial charge in [-0.25, -0.2) is 9.59 Å². The van der Waals surface area contributed by atoms with Crippen LogP contribution in [0.15, 0.2) is 54.6 Å². The van der Waals surface area contributed by atoms with Gasteiger partial charge in [-0.1, -0.05) is 131 Å². The number of methoxy groups -OCH3 is 2. The van der Waals surface area contributed by atoms with Gasteiger partial charge in [-0.2, -0.15) is 0 Å². The SMILES string of the molecule is CC[C@H](C)[C@@H]([C@@H](CC(=O)N1CCC[C@H]1[C@H](OC)[C@@H](C)C(=O)C[C@H](C)[C@@H](O)c1ccccc1)OC)N(C)C(=O)[C@@H](CC(=O)[C@H](C(C)C)N(C)C(=O)OCc1ccc(NC(=O)[C@H](CCCNC(N)=O)CC(=O)[C@@H](NC(=O)CCCCCCC(=O)C(CC(=O)O)SCC(NC(=O)CN)C(C)=O)C(C)C)cc1)C(C)C. The number of carboxylic acids is 1. The number of ketones is 5. The van der Waals surface area contributed by atoms with Crippen molar-refractivity contribution in [1.29, 1.82) is 0 Å². The van der Waals surface area contributed by atoms with E-state index in [0.717, 1.165) is 17.3 Å². The number of likely N-dealkylation sites (N-methyl/N-ethyl adjacent to an activating group) is 2. The molecule has 14 atom stereocenters. The predicted molar refractivity (Wildman–Crippen MR) is 405 cm³/mol. The molecule has 0 radical (unpaired) electrons. The van der Waals surface area contributed by atoms with Gasteiger partial charge in [0.05, 0.1) is 73.2 Å². The van der Waals surface area contributed by atoms with Crippen LogP contribution in [-0.4, -0.2) is 203 Å². The first-order valence-electron chi connectivity index (χ1n) is 37.4. The number of nitrogens with one attached hydrogen (secondary N) is 4. The molecule has 8 amide bonds. The fraction of sp³-hybridized carbons (Fsp3) is 0.679. The van der Waals surface area contributed by atoms with Crippen molar-refractivity contribution in [2.75, 3.05) is 59.0 Å². The zero-order valence-electron chi connectivity index (χ0n) is 65.2. The summed E-state index contributed by atoms with van der Waals surface area (Å²) in [5, 5.41) is 30.2. The molecular formula is C78H123N9O18S. The van der Waals surface area contributed by atoms with Crippen molar-refractivity contribution < 1.29 is 86.8 Å². The van der Waals surface area contributed by atoms with Crippen molar-refractivity contribution >= 4 is 94.0 Å². The number of thioether (sulfide) groups is 1. The molecule has 2 aromatic carbocycles. The summed E-state index contributed by atoms with van der Waals surface area (Å²) in [6.07, 6.45) is 0.647. The maximum absolute atomic E-state index is 14.9. The number of aliphatic hydroxyl groups is 1. The molecule has 27 nitrogen and oxygen atoms in total. The largest absolute Gasteiger partial charge is 0.481 e. The highest BCUT2D eigenvalue weighted by atomic mass is 32.2. The molecule has 1 aliphatic heterocycles. The number of hydrogen-bond acceptors (Lipinski definition) is 19. The summed E-state index contributed by atoms with van der Waals surface area (Å²) in [6.45, 7) is 19.8. The van der Waals surface area contributed by atoms with Crippen LogP contribution in [0.25, 0.3) is 0 Å². The summed E-state index contributed by atoms with van der Waals surface area (Å²) < 4.78 is 17.9. The van der Waals surface area contributed by atoms with E-state index in [1.54, 1.807) is 75.9 Å². The standard InChI is InChI=1S/C78H123N9O18S/c1-16-49(8)72(64(103-14)41-68(95)87-37-25-29-59(87)74(104-15)51(10)61(90)38-50(9)73(98)54-26-20-19-21-27-54)85(12)76(100)57(46(2)3)40-63(92)71(48(6)7)86(13)78(102)105-44-53-32-34-56(35-33-53)82-75(99)55(28-24-36-81-77(80)101)39-62(91)70(47(4)5)84-66(93)31-23-18-17-22-30-60(89)65(42-69(96)97)106-45-58(52(11)88)83-67(94)43-79/h19-21,26-27,32-35,46-51,55,57-59,64-65,70-74,98H,16-18,22-25,28-31,36-45,79H2,1-15H3,(H,82,99)(H,83,94)(H,84,93)(H,96,97)(H3,80,81,101)/t49-,50-,51-,55+,57-,58?,59-,64+,65?,70-,71-,72-,73+,74+/m0/s1. The average molecular weight is 1510 g/mol. The minimum atomic E-state index is -1.19. The lowest BCUT2D eigenvalue weighted by atomic mass is 9.83. The highest BCUT2D eigenvalue weighted by Gasteiger charge is 2.44. The summed E-state index contributed by atoms with van der Waals surface area (Å²) in [6, 6.07) is 11.1. The molecule has 0 saturated carbocycles. The molecule has 3 rings (SSSR count). The molecule has 28 heteroatoms. The number of rotatable bonds is 51. The highest BCUT2D eigenvalue weighted by molar-refractivity contribution is 8.00. The first-order valence-corrected chi connectivity index (χ1v) is 38.5. The van der Waals surface area contributed by atoms with Crippen molar-refractivity contribution in [2.24, 2.45) is 58.8 Å². The van der Waals surface area contributed by atoms with Crippen molar-refractivity contribution in [1.82, 2.24) is 30.7 Å². The summed E-state index contributed by atoms with van der Waals surface area (Å²) >= 11 is 0.983. The number of ether oxygens (including phenoxy) is 3. The summed E-state index contributed by atoms with van der Waals surface area (Å²) in [7, 11) is 6.21. The molecule has 0 bridgehead atoms. The number of anilines is 1. The lowest BCUT2D eigenvalue weighted by Gasteiger charge is -2.41. The fourth-order valence-corrected chi connectivity index (χ4v) is 15.1. The Hall–Kier alpha value is -7.66. The van der Waals surface area contributed by atoms with Gasteiger partial charge in [0.2, 0.25) is 29.5 Å². The molecule has 106 heavy (non-hydrogen) atoms. The van der Waals surface area contributed by atoms with Crippen LogP contribution in [0.3, 0.4) is 0 Å². The predicted octanol–water partition coefficient (Wildman–Crippen LogP) is 8.38. The molecule has 1 heterocycles. The molecule has 0 aliphatic carbocycles. The fourth-order valence-electron chi connectivity index (χ4n) is 13.8. The Morgan fingerprint density at radius 2 is 1.34 bits per heavy atom. The lowest BCUT2D eigenvalue weighted by molar-refractivity contribution is -0.149. The monoisotopic (exact) mass is 1510 g/mol. The molecule has 10 N–H and O–H groups in total. The summed E-state index contributed by atoms with van der Waals surface area (Å²) in [4.78, 5) is 178. The Morgan fingerprint density at radius 1 is 0.698 bits per heavy atom. The van der Waals surface area contributed by atoms with E-state index in [-0.39, 0.29) is 147 Å². The van der Waals surface area contributed by atoms with Crippen LogP contribution in [0, 0.1) is 47.3 Å². The quantitative estimate of drug-likeness (QED) is 0.0288. The van der Waals surface area contributed by atoms with Crippen molar-refractivity contribution in [3.05, 3.63) is 65.7 Å². The number of urea groups is 1. The van der Waals surface area contributed by atoms with Gasteiger partial charge in [0.15, 0.2) is 17.3 Å². The van der Waals surface area contributed by atoms with E-state index < -0.39 is 114 Å². The molecule has 0 aromatic heterocycles. The van der Waals surface area contributed by atoms with Gasteiger partial charge in [0, 0.05) is 103 Å². The van der Waals surface area contributed by atoms with Crippen LogP contribution < -0.4 is 32.7 Å². The van der Waals surface area contributed by atoms with E-state index >= 15 is 0 Å². The number of nitrogens with two attached hydrogens (primary N) is 2. The number of Topliss-reactive ketones (excluding diaryl/α,β-unsaturated/α-hetero) is 5. The number of aliphatic carboxylic acids is 1. The molecule has 594 valence electrons. The van der Waals surface area contributed by atoms with Crippen LogP contribution in [0.5, 0.6) is 0 Å². The number of benzene rings is 2. The Morgan fingerprint density at radius 3 is 1.90 bits per heavy atom. The summed E-state index contributed by atoms with van der Waals surface area (Å²) in [5.74, 6) is -8.53. The molecule has 2 aromatic rings. The maximum atomic E-state index is 14.9. The average Bonchev–Trinajstić information content (AvgIpc) is 1.46. The Labute approximate surface area is 631 Å². The van der Waals surface area contributed by atoms with Crippen LogP contribution in [0.1, 0.15) is 196 Å². The van der Waals surface area contributed by atoms with Crippen LogP contribution in [0.2, 0.25) is 0 Å². The molecule has 1 aliphatic rings. The van der Waals surface area contributed by atoms with Crippen LogP contribution in [0.4, 0.5) is 15.3 Å². The number of primary amides is 1. The second-order valence-corrected chi connectivity index (χ2v) is 30.7. The number of aliphatic hydroxyl groups excluding tert-OH is 1. The first-order chi connectivity index (χ1) is 50.0. The Balaban J connectivity index is 1.65. The minimum Gasteiger partial charge on any atom is -0.481 e. The normalized spacial score (nSPS) is 16.7. The van der Waals surface area contributed by atoms with Crippen LogP contribution >= 0.6 is 11.8 Å². The third-order valence-corrected chi connectivity index (χ3v) is 21.7. The van der Waals surface area contributed by atoms with Gasteiger partial charge in [-0.15, -0.1) is 11.8 Å². The van der Waals surface area contributed by atoms with Crippen molar-refractivity contribution in [3.8, 4) is 0 Å². The summed E-state index contributed by atoms with van der Waals surface area (Å²) in [5.41, 5.74) is 12.3. The minimum absolute atomic E-state index is 0.00494. The first kappa shape index (κ1) is 92.5. The number of amides is 8. The number of hydrogen-bond donors (Lipinski definition) is 8. The zero-order chi connectivity index (χ0) is 79.7. The number of carbonyl (C=O) groups excluding carboxylic acids is 12. The smallest absolute Gasteiger partial charge is 0.410 e. The van der Waals surface area contributed by atoms with E-state index in [4.69, 9.17) is 25.7 Å². The van der Waals surface area contributed by atoms with E-state index in [1.165, 1.54) is 26.0 Å². The second-order valence-electron chi connectivity index (χ2n) is 29.5. The van der Waals surface area contributed by atoms with Gasteiger partial charge >= 0.3 is 18.1 Å². The Kier molecular flexibility index (Phi) is 41.2. The number of unbranched alkanes of at least 4 members (excludes halogenated alkanes) is 3. The highest BCUT2D eigenvalue weighted by Crippen LogP contribution is 2.34. The van der Waals surface area contributed by atoms with Gasteiger partial charge in [0.25, 0.3) is 0 Å². The van der Waals surface area contributed by atoms with E-state index in [1.807, 2.05) is 71.9 Å². The van der Waals surface area contributed by atoms with Gasteiger partial charge in [0.1, 0.15) is 18.2 Å². The van der Waals surface area contributed by atoms with Gasteiger partial charge in [-0.3, -0.25) is 52.7 Å². The maximum Gasteiger partial charge on any atom is 0.410 e. The number of carboxylic acid groups (broad SMARTS) is 1.